The molecule has 0 aliphatic heterocycles. The summed E-state index contributed by atoms with van der Waals surface area (Å²) < 4.78 is 35.8. The van der Waals surface area contributed by atoms with E-state index in [9.17, 15) is 8.78 Å². The smallest absolute Gasteiger partial charge is 0.201 e. The maximum Gasteiger partial charge on any atom is 0.201 e. The number of nitrogens with zero attached hydrogens (tertiary/aromatic N) is 1. The lowest BCUT2D eigenvalue weighted by molar-refractivity contribution is 0.160. The van der Waals surface area contributed by atoms with Crippen molar-refractivity contribution in [1.82, 2.24) is 4.98 Å². The Morgan fingerprint density at radius 2 is 1.55 bits per heavy atom. The van der Waals surface area contributed by atoms with Crippen LogP contribution >= 0.6 is 11.6 Å². The molecule has 0 saturated heterocycles. The molecule has 3 rings (SSSR count). The van der Waals surface area contributed by atoms with Crippen LogP contribution in [0, 0.1) is 11.6 Å². The molecule has 1 aliphatic rings. The predicted molar refractivity (Wildman–Crippen MR) is 126 cm³/mol. The minimum absolute atomic E-state index is 0.196. The van der Waals surface area contributed by atoms with Crippen molar-refractivity contribution >= 4 is 19.9 Å². The topological polar surface area (TPSA) is 22.1 Å². The fourth-order valence-corrected chi connectivity index (χ4v) is 11.6. The van der Waals surface area contributed by atoms with Crippen LogP contribution in [0.25, 0.3) is 0 Å². The second-order valence-corrected chi connectivity index (χ2v) is 15.5. The van der Waals surface area contributed by atoms with Gasteiger partial charge in [-0.3, -0.25) is 4.98 Å². The highest BCUT2D eigenvalue weighted by molar-refractivity contribution is 6.77. The SMILES string of the molecule is CC(C)[Si](O[C@@H]1CC[C@@H](c2cccc(F)c2F)[C@@H](Cl)c2cccnc21)(C(C)C)C(C)C. The van der Waals surface area contributed by atoms with E-state index in [4.69, 9.17) is 16.0 Å². The highest BCUT2D eigenvalue weighted by Crippen LogP contribution is 2.51. The highest BCUT2D eigenvalue weighted by atomic mass is 35.5. The summed E-state index contributed by atoms with van der Waals surface area (Å²) in [6, 6.07) is 8.15. The first kappa shape index (κ1) is 24.3. The molecular weight excluding hydrogens is 432 g/mol. The number of fused-ring (bicyclic) bond motifs is 1. The van der Waals surface area contributed by atoms with Gasteiger partial charge in [0.1, 0.15) is 0 Å². The van der Waals surface area contributed by atoms with Crippen LogP contribution in [0.5, 0.6) is 0 Å². The van der Waals surface area contributed by atoms with Crippen molar-refractivity contribution in [2.75, 3.05) is 0 Å². The van der Waals surface area contributed by atoms with E-state index in [0.717, 1.165) is 17.3 Å². The molecule has 6 heteroatoms. The van der Waals surface area contributed by atoms with Gasteiger partial charge in [-0.15, -0.1) is 11.6 Å². The van der Waals surface area contributed by atoms with Gasteiger partial charge in [0.25, 0.3) is 0 Å². The molecule has 1 aromatic carbocycles. The number of pyridine rings is 1. The third-order valence-corrected chi connectivity index (χ3v) is 13.6. The van der Waals surface area contributed by atoms with Crippen LogP contribution in [0.15, 0.2) is 36.5 Å². The Bertz CT molecular complexity index is 883. The predicted octanol–water partition coefficient (Wildman–Crippen LogP) is 8.45. The number of hydrogen-bond acceptors (Lipinski definition) is 2. The molecule has 2 aromatic rings. The van der Waals surface area contributed by atoms with Crippen molar-refractivity contribution in [2.24, 2.45) is 0 Å². The summed E-state index contributed by atoms with van der Waals surface area (Å²) in [6.07, 6.45) is 2.85. The molecule has 0 spiro atoms. The van der Waals surface area contributed by atoms with Crippen LogP contribution in [-0.4, -0.2) is 13.3 Å². The van der Waals surface area contributed by atoms with Crippen molar-refractivity contribution in [2.45, 2.75) is 88.4 Å². The second-order valence-electron chi connectivity index (χ2n) is 9.63. The van der Waals surface area contributed by atoms with Gasteiger partial charge in [0.15, 0.2) is 11.6 Å². The van der Waals surface area contributed by atoms with Crippen LogP contribution in [-0.2, 0) is 4.43 Å². The Morgan fingerprint density at radius 1 is 0.935 bits per heavy atom. The third-order valence-electron chi connectivity index (χ3n) is 7.00. The molecule has 2 nitrogen and oxygen atoms in total. The summed E-state index contributed by atoms with van der Waals surface area (Å²) >= 11 is 6.93. The monoisotopic (exact) mass is 465 g/mol. The van der Waals surface area contributed by atoms with E-state index in [1.165, 1.54) is 0 Å². The van der Waals surface area contributed by atoms with Gasteiger partial charge in [-0.25, -0.2) is 8.78 Å². The lowest BCUT2D eigenvalue weighted by Gasteiger charge is -2.44. The van der Waals surface area contributed by atoms with Gasteiger partial charge in [-0.1, -0.05) is 59.7 Å². The van der Waals surface area contributed by atoms with Gasteiger partial charge in [-0.2, -0.15) is 0 Å². The number of halogens is 3. The fraction of sp³-hybridized carbons (Fsp3) is 0.560. The molecule has 1 aromatic heterocycles. The van der Waals surface area contributed by atoms with E-state index in [0.29, 0.717) is 35.0 Å². The van der Waals surface area contributed by atoms with Gasteiger partial charge in [0.05, 0.1) is 17.2 Å². The van der Waals surface area contributed by atoms with Crippen molar-refractivity contribution in [3.05, 3.63) is 65.0 Å². The fourth-order valence-electron chi connectivity index (χ4n) is 5.65. The average Bonchev–Trinajstić information content (AvgIpc) is 2.84. The first-order chi connectivity index (χ1) is 14.6. The minimum atomic E-state index is -2.17. The molecule has 3 atom stereocenters. The molecule has 1 aliphatic carbocycles. The molecular formula is C25H34ClF2NOSi. The summed E-state index contributed by atoms with van der Waals surface area (Å²) in [5.74, 6) is -1.99. The van der Waals surface area contributed by atoms with E-state index in [1.807, 2.05) is 12.1 Å². The maximum atomic E-state index is 14.7. The van der Waals surface area contributed by atoms with E-state index in [2.05, 4.69) is 46.5 Å². The highest BCUT2D eigenvalue weighted by Gasteiger charge is 2.48. The largest absolute Gasteiger partial charge is 0.408 e. The summed E-state index contributed by atoms with van der Waals surface area (Å²) in [4.78, 5) is 4.69. The molecule has 0 saturated carbocycles. The summed E-state index contributed by atoms with van der Waals surface area (Å²) in [6.45, 7) is 13.6. The Hall–Kier alpha value is -1.30. The van der Waals surface area contributed by atoms with Gasteiger partial charge in [0, 0.05) is 12.1 Å². The average molecular weight is 466 g/mol. The van der Waals surface area contributed by atoms with Gasteiger partial charge >= 0.3 is 0 Å². The van der Waals surface area contributed by atoms with Crippen molar-refractivity contribution in [3.63, 3.8) is 0 Å². The van der Waals surface area contributed by atoms with Gasteiger partial charge in [0.2, 0.25) is 8.32 Å². The van der Waals surface area contributed by atoms with Crippen molar-refractivity contribution < 1.29 is 13.2 Å². The van der Waals surface area contributed by atoms with Crippen LogP contribution in [0.2, 0.25) is 16.6 Å². The first-order valence-corrected chi connectivity index (χ1v) is 13.9. The molecule has 1 heterocycles. The lowest BCUT2D eigenvalue weighted by Crippen LogP contribution is -2.48. The van der Waals surface area contributed by atoms with Crippen LogP contribution in [0.4, 0.5) is 8.78 Å². The maximum absolute atomic E-state index is 14.7. The number of aromatic nitrogens is 1. The number of benzene rings is 1. The van der Waals surface area contributed by atoms with E-state index in [1.54, 1.807) is 18.3 Å². The molecule has 0 N–H and O–H groups in total. The molecule has 0 amide bonds. The van der Waals surface area contributed by atoms with E-state index >= 15 is 0 Å². The zero-order chi connectivity index (χ0) is 22.9. The second kappa shape index (κ2) is 9.68. The lowest BCUT2D eigenvalue weighted by atomic mass is 9.89. The molecule has 170 valence electrons. The van der Waals surface area contributed by atoms with Crippen molar-refractivity contribution in [3.8, 4) is 0 Å². The zero-order valence-electron chi connectivity index (χ0n) is 19.3. The van der Waals surface area contributed by atoms with Crippen molar-refractivity contribution in [1.29, 1.82) is 0 Å². The normalized spacial score (nSPS) is 22.1. The van der Waals surface area contributed by atoms with Gasteiger partial charge < -0.3 is 4.43 Å². The Kier molecular flexibility index (Phi) is 7.60. The molecule has 0 unspecified atom stereocenters. The molecule has 0 bridgehead atoms. The summed E-state index contributed by atoms with van der Waals surface area (Å²) in [5, 5.41) is -0.498. The Labute approximate surface area is 191 Å². The number of hydrogen-bond donors (Lipinski definition) is 0. The Balaban J connectivity index is 2.06. The van der Waals surface area contributed by atoms with E-state index < -0.39 is 25.3 Å². The van der Waals surface area contributed by atoms with E-state index in [-0.39, 0.29) is 12.0 Å². The molecule has 0 radical (unpaired) electrons. The number of alkyl halides is 1. The quantitative estimate of drug-likeness (QED) is 0.242. The first-order valence-electron chi connectivity index (χ1n) is 11.3. The zero-order valence-corrected chi connectivity index (χ0v) is 21.1. The minimum Gasteiger partial charge on any atom is -0.408 e. The number of rotatable bonds is 6. The third kappa shape index (κ3) is 4.46. The summed E-state index contributed by atoms with van der Waals surface area (Å²) in [7, 11) is -2.17. The summed E-state index contributed by atoms with van der Waals surface area (Å²) in [5.41, 5.74) is 3.35. The van der Waals surface area contributed by atoms with Crippen LogP contribution < -0.4 is 0 Å². The van der Waals surface area contributed by atoms with Crippen LogP contribution in [0.1, 0.15) is 88.6 Å². The van der Waals surface area contributed by atoms with Crippen LogP contribution in [0.3, 0.4) is 0 Å². The Morgan fingerprint density at radius 3 is 2.16 bits per heavy atom. The molecule has 0 fully saturated rings. The van der Waals surface area contributed by atoms with Gasteiger partial charge in [-0.05, 0) is 52.7 Å². The standard InChI is InChI=1S/C25H34ClF2NOSi/c1-15(2)31(16(3)4,17(5)6)30-22-13-12-18(19-9-7-11-21(27)24(19)28)23(26)20-10-8-14-29-25(20)22/h7-11,14-18,22-23H,12-13H2,1-6H3/t18-,22+,23+/m0/s1. The molecule has 31 heavy (non-hydrogen) atoms.